The second-order valence-electron chi connectivity index (χ2n) is 6.46. The van der Waals surface area contributed by atoms with Crippen LogP contribution in [0.25, 0.3) is 0 Å². The summed E-state index contributed by atoms with van der Waals surface area (Å²) in [7, 11) is 3.34. The average Bonchev–Trinajstić information content (AvgIpc) is 2.96. The topological polar surface area (TPSA) is 54.5 Å². The van der Waals surface area contributed by atoms with E-state index in [-0.39, 0.29) is 0 Å². The minimum absolute atomic E-state index is 0.449. The van der Waals surface area contributed by atoms with Crippen molar-refractivity contribution in [2.24, 2.45) is 5.92 Å². The van der Waals surface area contributed by atoms with Crippen molar-refractivity contribution in [3.05, 3.63) is 23.8 Å². The molecule has 1 fully saturated rings. The van der Waals surface area contributed by atoms with E-state index < -0.39 is 0 Å². The molecular weight excluding hydrogens is 290 g/mol. The van der Waals surface area contributed by atoms with Gasteiger partial charge in [-0.2, -0.15) is 0 Å². The Balaban J connectivity index is 1.71. The number of hydrogen-bond acceptors (Lipinski definition) is 5. The van der Waals surface area contributed by atoms with Crippen LogP contribution in [0.2, 0.25) is 0 Å². The van der Waals surface area contributed by atoms with E-state index >= 15 is 0 Å². The molecule has 1 aliphatic rings. The van der Waals surface area contributed by atoms with Crippen LogP contribution in [0.1, 0.15) is 32.3 Å². The summed E-state index contributed by atoms with van der Waals surface area (Å²) in [6.07, 6.45) is 3.47. The third-order valence-electron chi connectivity index (χ3n) is 4.64. The van der Waals surface area contributed by atoms with Crippen LogP contribution in [0, 0.1) is 5.92 Å². The monoisotopic (exact) mass is 321 g/mol. The predicted molar refractivity (Wildman–Crippen MR) is 94.0 cm³/mol. The molecule has 1 aromatic carbocycles. The highest BCUT2D eigenvalue weighted by Gasteiger charge is 2.21. The van der Waals surface area contributed by atoms with Crippen LogP contribution in [0.5, 0.6) is 11.5 Å². The normalized spacial score (nSPS) is 22.1. The number of ether oxygens (including phenoxy) is 2. The summed E-state index contributed by atoms with van der Waals surface area (Å²) in [6.45, 7) is 6.63. The Morgan fingerprint density at radius 2 is 2.04 bits per heavy atom. The summed E-state index contributed by atoms with van der Waals surface area (Å²) >= 11 is 0. The molecule has 0 amide bonds. The second kappa shape index (κ2) is 9.11. The van der Waals surface area contributed by atoms with Crippen LogP contribution in [0.3, 0.4) is 0 Å². The minimum Gasteiger partial charge on any atom is -0.493 e. The average molecular weight is 321 g/mol. The number of rotatable bonds is 9. The lowest BCUT2D eigenvalue weighted by molar-refractivity contribution is 0.354. The molecule has 3 unspecified atom stereocenters. The van der Waals surface area contributed by atoms with Gasteiger partial charge in [-0.05, 0) is 63.3 Å². The first kappa shape index (κ1) is 18.0. The van der Waals surface area contributed by atoms with Gasteiger partial charge in [0.25, 0.3) is 0 Å². The Hall–Kier alpha value is -1.30. The van der Waals surface area contributed by atoms with Crippen LogP contribution in [-0.2, 0) is 6.42 Å². The highest BCUT2D eigenvalue weighted by atomic mass is 16.5. The molecule has 3 N–H and O–H groups in total. The quantitative estimate of drug-likeness (QED) is 0.608. The van der Waals surface area contributed by atoms with Crippen molar-refractivity contribution < 1.29 is 9.47 Å². The maximum Gasteiger partial charge on any atom is 0.160 e. The maximum atomic E-state index is 5.37. The zero-order chi connectivity index (χ0) is 16.7. The molecule has 0 spiro atoms. The lowest BCUT2D eigenvalue weighted by Gasteiger charge is -2.17. The third kappa shape index (κ3) is 5.37. The molecule has 1 saturated heterocycles. The fourth-order valence-electron chi connectivity index (χ4n) is 3.14. The zero-order valence-corrected chi connectivity index (χ0v) is 14.8. The summed E-state index contributed by atoms with van der Waals surface area (Å²) in [6, 6.07) is 7.18. The molecule has 130 valence electrons. The van der Waals surface area contributed by atoms with E-state index in [2.05, 4.69) is 42.1 Å². The highest BCUT2D eigenvalue weighted by Crippen LogP contribution is 2.27. The van der Waals surface area contributed by atoms with Gasteiger partial charge in [0.05, 0.1) is 14.2 Å². The van der Waals surface area contributed by atoms with Crippen LogP contribution >= 0.6 is 0 Å². The van der Waals surface area contributed by atoms with E-state index in [1.54, 1.807) is 14.2 Å². The predicted octanol–water partition coefficient (Wildman–Crippen LogP) is 2.12. The fourth-order valence-corrected chi connectivity index (χ4v) is 3.14. The standard InChI is InChI=1S/C18H31N3O2/c1-13(19-9-5-6-16-12-20-21-14(16)2)10-15-7-8-17(22-3)18(11-15)23-4/h7-8,11,13-14,16,19-21H,5-6,9-10,12H2,1-4H3. The van der Waals surface area contributed by atoms with Gasteiger partial charge in [0.2, 0.25) is 0 Å². The van der Waals surface area contributed by atoms with Gasteiger partial charge in [0.15, 0.2) is 11.5 Å². The SMILES string of the molecule is COc1ccc(CC(C)NCCCC2CNNC2C)cc1OC. The van der Waals surface area contributed by atoms with Crippen molar-refractivity contribution in [1.29, 1.82) is 0 Å². The van der Waals surface area contributed by atoms with Crippen molar-refractivity contribution >= 4 is 0 Å². The Morgan fingerprint density at radius 1 is 1.26 bits per heavy atom. The van der Waals surface area contributed by atoms with Gasteiger partial charge < -0.3 is 14.8 Å². The van der Waals surface area contributed by atoms with Gasteiger partial charge in [0, 0.05) is 18.6 Å². The Bertz CT molecular complexity index is 481. The summed E-state index contributed by atoms with van der Waals surface area (Å²) < 4.78 is 10.6. The van der Waals surface area contributed by atoms with Gasteiger partial charge in [-0.25, -0.2) is 0 Å². The number of benzene rings is 1. The number of methoxy groups -OCH3 is 2. The smallest absolute Gasteiger partial charge is 0.160 e. The minimum atomic E-state index is 0.449. The first-order valence-electron chi connectivity index (χ1n) is 8.56. The van der Waals surface area contributed by atoms with Crippen molar-refractivity contribution in [3.63, 3.8) is 0 Å². The third-order valence-corrected chi connectivity index (χ3v) is 4.64. The molecule has 0 aliphatic carbocycles. The van der Waals surface area contributed by atoms with Crippen molar-refractivity contribution in [1.82, 2.24) is 16.2 Å². The molecule has 0 aromatic heterocycles. The molecule has 0 radical (unpaired) electrons. The summed E-state index contributed by atoms with van der Waals surface area (Å²) in [5, 5.41) is 3.62. The Labute approximate surface area is 140 Å². The zero-order valence-electron chi connectivity index (χ0n) is 14.8. The van der Waals surface area contributed by atoms with Gasteiger partial charge in [0.1, 0.15) is 0 Å². The maximum absolute atomic E-state index is 5.37. The van der Waals surface area contributed by atoms with Crippen molar-refractivity contribution in [2.45, 2.75) is 45.2 Å². The molecule has 0 bridgehead atoms. The Kier molecular flexibility index (Phi) is 7.15. The fraction of sp³-hybridized carbons (Fsp3) is 0.667. The molecule has 2 rings (SSSR count). The number of nitrogens with one attached hydrogen (secondary N) is 3. The van der Waals surface area contributed by atoms with E-state index in [1.807, 2.05) is 6.07 Å². The molecular formula is C18H31N3O2. The van der Waals surface area contributed by atoms with Gasteiger partial charge >= 0.3 is 0 Å². The van der Waals surface area contributed by atoms with E-state index in [9.17, 15) is 0 Å². The van der Waals surface area contributed by atoms with Crippen molar-refractivity contribution in [2.75, 3.05) is 27.3 Å². The van der Waals surface area contributed by atoms with Gasteiger partial charge in [-0.1, -0.05) is 6.07 Å². The number of hydrogen-bond donors (Lipinski definition) is 3. The molecule has 23 heavy (non-hydrogen) atoms. The van der Waals surface area contributed by atoms with E-state index in [0.717, 1.165) is 36.9 Å². The van der Waals surface area contributed by atoms with E-state index in [4.69, 9.17) is 9.47 Å². The van der Waals surface area contributed by atoms with Crippen LogP contribution < -0.4 is 25.6 Å². The lowest BCUT2D eigenvalue weighted by atomic mass is 9.98. The first-order chi connectivity index (χ1) is 11.1. The molecule has 3 atom stereocenters. The molecule has 1 heterocycles. The lowest BCUT2D eigenvalue weighted by Crippen LogP contribution is -2.30. The second-order valence-corrected chi connectivity index (χ2v) is 6.46. The molecule has 5 nitrogen and oxygen atoms in total. The van der Waals surface area contributed by atoms with Gasteiger partial charge in [-0.15, -0.1) is 0 Å². The number of hydrazine groups is 1. The van der Waals surface area contributed by atoms with Crippen LogP contribution in [0.4, 0.5) is 0 Å². The largest absolute Gasteiger partial charge is 0.493 e. The first-order valence-corrected chi connectivity index (χ1v) is 8.56. The molecule has 1 aromatic rings. The molecule has 0 saturated carbocycles. The van der Waals surface area contributed by atoms with E-state index in [0.29, 0.717) is 12.1 Å². The Morgan fingerprint density at radius 3 is 2.70 bits per heavy atom. The van der Waals surface area contributed by atoms with Crippen LogP contribution in [0.15, 0.2) is 18.2 Å². The highest BCUT2D eigenvalue weighted by molar-refractivity contribution is 5.43. The van der Waals surface area contributed by atoms with E-state index in [1.165, 1.54) is 18.4 Å². The molecule has 1 aliphatic heterocycles. The summed E-state index contributed by atoms with van der Waals surface area (Å²) in [5.41, 5.74) is 7.78. The van der Waals surface area contributed by atoms with Gasteiger partial charge in [-0.3, -0.25) is 10.9 Å². The molecule has 5 heteroatoms. The van der Waals surface area contributed by atoms with Crippen molar-refractivity contribution in [3.8, 4) is 11.5 Å². The summed E-state index contributed by atoms with van der Waals surface area (Å²) in [4.78, 5) is 0. The summed E-state index contributed by atoms with van der Waals surface area (Å²) in [5.74, 6) is 2.33. The van der Waals surface area contributed by atoms with Crippen LogP contribution in [-0.4, -0.2) is 39.4 Å².